The summed E-state index contributed by atoms with van der Waals surface area (Å²) in [6, 6.07) is 5.99. The Morgan fingerprint density at radius 3 is 2.33 bits per heavy atom. The van der Waals surface area contributed by atoms with Crippen molar-refractivity contribution in [3.8, 4) is 0 Å². The molecule has 0 saturated carbocycles. The number of rotatable bonds is 3. The summed E-state index contributed by atoms with van der Waals surface area (Å²) >= 11 is 0. The van der Waals surface area contributed by atoms with Crippen LogP contribution in [0.4, 0.5) is 20.2 Å². The second kappa shape index (κ2) is 5.33. The van der Waals surface area contributed by atoms with Crippen LogP contribution in [0.3, 0.4) is 0 Å². The van der Waals surface area contributed by atoms with E-state index in [9.17, 15) is 17.2 Å². The molecule has 21 heavy (non-hydrogen) atoms. The number of anilines is 2. The first-order valence-electron chi connectivity index (χ1n) is 6.05. The minimum Gasteiger partial charge on any atom is -0.398 e. The summed E-state index contributed by atoms with van der Waals surface area (Å²) in [7, 11) is -4.12. The van der Waals surface area contributed by atoms with E-state index in [1.807, 2.05) is 0 Å². The molecular formula is C14H14F2N2O2S. The molecule has 2 aromatic rings. The van der Waals surface area contributed by atoms with E-state index in [1.54, 1.807) is 6.92 Å². The molecule has 0 spiro atoms. The number of sulfonamides is 1. The second-order valence-electron chi connectivity index (χ2n) is 4.71. The molecule has 3 N–H and O–H groups in total. The summed E-state index contributed by atoms with van der Waals surface area (Å²) in [4.78, 5) is -0.357. The van der Waals surface area contributed by atoms with Gasteiger partial charge in [0.2, 0.25) is 0 Å². The molecule has 0 aliphatic rings. The van der Waals surface area contributed by atoms with Gasteiger partial charge in [-0.15, -0.1) is 0 Å². The molecule has 0 aliphatic heterocycles. The molecule has 0 saturated heterocycles. The highest BCUT2D eigenvalue weighted by Crippen LogP contribution is 2.24. The van der Waals surface area contributed by atoms with E-state index in [2.05, 4.69) is 4.72 Å². The number of hydrogen-bond acceptors (Lipinski definition) is 3. The van der Waals surface area contributed by atoms with E-state index < -0.39 is 21.7 Å². The first-order chi connectivity index (χ1) is 9.70. The fourth-order valence-electron chi connectivity index (χ4n) is 1.75. The molecule has 4 nitrogen and oxygen atoms in total. The Balaban J connectivity index is 2.46. The van der Waals surface area contributed by atoms with E-state index in [0.717, 1.165) is 18.2 Å². The minimum absolute atomic E-state index is 0.0140. The Labute approximate surface area is 121 Å². The number of benzene rings is 2. The minimum atomic E-state index is -4.12. The molecule has 7 heteroatoms. The number of nitrogens with one attached hydrogen (secondary N) is 1. The molecule has 0 atom stereocenters. The maximum Gasteiger partial charge on any atom is 0.262 e. The Morgan fingerprint density at radius 1 is 1.05 bits per heavy atom. The number of hydrogen-bond donors (Lipinski definition) is 2. The van der Waals surface area contributed by atoms with E-state index in [4.69, 9.17) is 5.73 Å². The molecule has 0 amide bonds. The van der Waals surface area contributed by atoms with Crippen LogP contribution < -0.4 is 10.5 Å². The summed E-state index contributed by atoms with van der Waals surface area (Å²) in [5.41, 5.74) is 6.22. The fourth-order valence-corrected chi connectivity index (χ4v) is 2.85. The second-order valence-corrected chi connectivity index (χ2v) is 6.39. The van der Waals surface area contributed by atoms with Crippen LogP contribution in [0.15, 0.2) is 35.2 Å². The van der Waals surface area contributed by atoms with Crippen molar-refractivity contribution in [1.29, 1.82) is 0 Å². The third-order valence-electron chi connectivity index (χ3n) is 3.03. The van der Waals surface area contributed by atoms with Crippen LogP contribution in [-0.2, 0) is 10.0 Å². The summed E-state index contributed by atoms with van der Waals surface area (Å²) in [6.45, 7) is 3.13. The summed E-state index contributed by atoms with van der Waals surface area (Å²) < 4.78 is 53.7. The Kier molecular flexibility index (Phi) is 3.87. The maximum atomic E-state index is 13.6. The number of nitrogen functional groups attached to an aromatic ring is 1. The van der Waals surface area contributed by atoms with Crippen molar-refractivity contribution < 1.29 is 17.2 Å². The van der Waals surface area contributed by atoms with Crippen molar-refractivity contribution in [2.45, 2.75) is 18.7 Å². The van der Waals surface area contributed by atoms with Gasteiger partial charge in [0.05, 0.1) is 10.6 Å². The lowest BCUT2D eigenvalue weighted by Crippen LogP contribution is -2.15. The van der Waals surface area contributed by atoms with Gasteiger partial charge in [-0.1, -0.05) is 6.07 Å². The van der Waals surface area contributed by atoms with Crippen LogP contribution >= 0.6 is 0 Å². The van der Waals surface area contributed by atoms with Gasteiger partial charge in [-0.05, 0) is 43.7 Å². The smallest absolute Gasteiger partial charge is 0.262 e. The van der Waals surface area contributed by atoms with Crippen molar-refractivity contribution >= 4 is 21.4 Å². The largest absolute Gasteiger partial charge is 0.398 e. The van der Waals surface area contributed by atoms with E-state index >= 15 is 0 Å². The van der Waals surface area contributed by atoms with Crippen LogP contribution in [-0.4, -0.2) is 8.42 Å². The molecule has 0 fully saturated rings. The maximum absolute atomic E-state index is 13.6. The zero-order chi connectivity index (χ0) is 15.8. The third-order valence-corrected chi connectivity index (χ3v) is 4.38. The predicted molar refractivity (Wildman–Crippen MR) is 77.5 cm³/mol. The van der Waals surface area contributed by atoms with Crippen molar-refractivity contribution in [3.05, 3.63) is 53.1 Å². The predicted octanol–water partition coefficient (Wildman–Crippen LogP) is 2.96. The van der Waals surface area contributed by atoms with Gasteiger partial charge in [0, 0.05) is 11.3 Å². The molecule has 112 valence electrons. The van der Waals surface area contributed by atoms with Gasteiger partial charge in [-0.2, -0.15) is 0 Å². The normalized spacial score (nSPS) is 11.4. The average molecular weight is 312 g/mol. The van der Waals surface area contributed by atoms with E-state index in [1.165, 1.54) is 19.1 Å². The van der Waals surface area contributed by atoms with Crippen molar-refractivity contribution in [1.82, 2.24) is 0 Å². The highest BCUT2D eigenvalue weighted by molar-refractivity contribution is 7.92. The lowest BCUT2D eigenvalue weighted by Gasteiger charge is -2.11. The fraction of sp³-hybridized carbons (Fsp3) is 0.143. The van der Waals surface area contributed by atoms with Crippen LogP contribution in [0.2, 0.25) is 0 Å². The molecule has 0 radical (unpaired) electrons. The molecule has 0 heterocycles. The van der Waals surface area contributed by atoms with Crippen LogP contribution in [0, 0.1) is 25.5 Å². The number of nitrogens with two attached hydrogens (primary N) is 1. The Bertz CT molecular complexity index is 782. The van der Waals surface area contributed by atoms with Gasteiger partial charge in [-0.3, -0.25) is 4.72 Å². The van der Waals surface area contributed by atoms with Gasteiger partial charge < -0.3 is 5.73 Å². The van der Waals surface area contributed by atoms with Crippen LogP contribution in [0.1, 0.15) is 11.1 Å². The SMILES string of the molecule is Cc1ccc(F)c(NS(=O)(=O)c2cc(N)c(C)c(F)c2)c1. The molecule has 2 rings (SSSR count). The van der Waals surface area contributed by atoms with Crippen molar-refractivity contribution in [3.63, 3.8) is 0 Å². The number of aryl methyl sites for hydroxylation is 1. The quantitative estimate of drug-likeness (QED) is 0.856. The third kappa shape index (κ3) is 3.13. The molecular weight excluding hydrogens is 298 g/mol. The van der Waals surface area contributed by atoms with Gasteiger partial charge in [0.1, 0.15) is 11.6 Å². The van der Waals surface area contributed by atoms with E-state index in [0.29, 0.717) is 5.56 Å². The zero-order valence-corrected chi connectivity index (χ0v) is 12.3. The Hall–Kier alpha value is -2.15. The van der Waals surface area contributed by atoms with Gasteiger partial charge >= 0.3 is 0 Å². The Morgan fingerprint density at radius 2 is 1.71 bits per heavy atom. The zero-order valence-electron chi connectivity index (χ0n) is 11.4. The summed E-state index contributed by atoms with van der Waals surface area (Å²) in [6.07, 6.45) is 0. The topological polar surface area (TPSA) is 72.2 Å². The molecule has 0 aliphatic carbocycles. The van der Waals surface area contributed by atoms with Crippen molar-refractivity contribution in [2.75, 3.05) is 10.5 Å². The lowest BCUT2D eigenvalue weighted by molar-refractivity contribution is 0.592. The molecule has 0 bridgehead atoms. The van der Waals surface area contributed by atoms with E-state index in [-0.39, 0.29) is 21.8 Å². The number of halogens is 2. The monoisotopic (exact) mass is 312 g/mol. The van der Waals surface area contributed by atoms with Gasteiger partial charge in [0.25, 0.3) is 10.0 Å². The highest BCUT2D eigenvalue weighted by Gasteiger charge is 2.19. The standard InChI is InChI=1S/C14H14F2N2O2S/c1-8-3-4-11(15)14(5-8)18-21(19,20)10-6-12(16)9(2)13(17)7-10/h3-7,18H,17H2,1-2H3. The van der Waals surface area contributed by atoms with Crippen LogP contribution in [0.25, 0.3) is 0 Å². The van der Waals surface area contributed by atoms with Crippen molar-refractivity contribution in [2.24, 2.45) is 0 Å². The average Bonchev–Trinajstić information content (AvgIpc) is 2.39. The highest BCUT2D eigenvalue weighted by atomic mass is 32.2. The molecule has 2 aromatic carbocycles. The molecule has 0 aromatic heterocycles. The summed E-state index contributed by atoms with van der Waals surface area (Å²) in [5, 5.41) is 0. The van der Waals surface area contributed by atoms with Gasteiger partial charge in [0.15, 0.2) is 0 Å². The summed E-state index contributed by atoms with van der Waals surface area (Å²) in [5.74, 6) is -1.45. The molecule has 0 unspecified atom stereocenters. The first-order valence-corrected chi connectivity index (χ1v) is 7.53. The van der Waals surface area contributed by atoms with Crippen LogP contribution in [0.5, 0.6) is 0 Å². The lowest BCUT2D eigenvalue weighted by atomic mass is 10.2. The first kappa shape index (κ1) is 15.2. The van der Waals surface area contributed by atoms with Gasteiger partial charge in [-0.25, -0.2) is 17.2 Å².